The van der Waals surface area contributed by atoms with Crippen molar-refractivity contribution in [2.24, 2.45) is 0 Å². The van der Waals surface area contributed by atoms with Crippen LogP contribution < -0.4 is 0 Å². The van der Waals surface area contributed by atoms with Gasteiger partial charge in [0.05, 0.1) is 27.5 Å². The molecule has 2 aliphatic rings. The Bertz CT molecular complexity index is 4650. The van der Waals surface area contributed by atoms with Crippen LogP contribution in [0.3, 0.4) is 0 Å². The first kappa shape index (κ1) is 38.3. The van der Waals surface area contributed by atoms with Gasteiger partial charge in [0.2, 0.25) is 0 Å². The molecular weight excluding hydrogens is 897 g/mol. The second-order valence-electron chi connectivity index (χ2n) is 19.5. The smallest absolute Gasteiger partial charge is 0.0726 e. The van der Waals surface area contributed by atoms with E-state index in [9.17, 15) is 0 Å². The van der Waals surface area contributed by atoms with Gasteiger partial charge in [-0.25, -0.2) is 0 Å². The molecule has 15 aromatic rings. The summed E-state index contributed by atoms with van der Waals surface area (Å²) in [6, 6.07) is 83.1. The Morgan fingerprint density at radius 2 is 0.789 bits per heavy atom. The molecule has 0 radical (unpaired) electrons. The molecule has 0 atom stereocenters. The van der Waals surface area contributed by atoms with Crippen LogP contribution in [0.25, 0.3) is 129 Å². The topological polar surface area (TPSA) is 9.86 Å². The first-order chi connectivity index (χ1) is 35.2. The largest absolute Gasteiger partial charge is 0.309 e. The standard InChI is InChI=1S/C67H38N2S2/c1-2-14-44-39(13-1)29-32-55-66(44)49-19-3-8-20-54(49)67(55)56-33-42(68-58-21-9-4-15-45(58)50-35-52-47-17-6-11-23-62(47)70-64(52)37-60(50)68)30-27-40(56)25-26-41-28-31-43(34-57(41)67)69-59-22-10-5-16-46(59)51-36-53-48-18-7-12-24-63(48)71-65(53)38-61(51)69/h1-38H. The lowest BCUT2D eigenvalue weighted by Gasteiger charge is -2.36. The molecule has 17 rings (SSSR count). The number of hydrogen-bond donors (Lipinski definition) is 0. The lowest BCUT2D eigenvalue weighted by molar-refractivity contribution is 0.764. The van der Waals surface area contributed by atoms with Gasteiger partial charge < -0.3 is 9.13 Å². The number of benzene rings is 11. The molecule has 0 bridgehead atoms. The Kier molecular flexibility index (Phi) is 7.46. The van der Waals surface area contributed by atoms with Crippen LogP contribution in [0, 0.1) is 0 Å². The number of aromatic nitrogens is 2. The lowest BCUT2D eigenvalue weighted by atomic mass is 9.65. The molecule has 0 unspecified atom stereocenters. The van der Waals surface area contributed by atoms with E-state index in [4.69, 9.17) is 0 Å². The summed E-state index contributed by atoms with van der Waals surface area (Å²) >= 11 is 3.77. The SMILES string of the molecule is C1=Cc2ccc(-n3c4ccccc4c4cc5c(cc43)sc3ccccc35)cc2C2(c3cc(-n4c5ccccc5c5cc6c(cc54)sc4ccccc46)ccc31)c1ccccc1-c1c2ccc2ccccc12. The molecule has 1 spiro atoms. The fourth-order valence-electron chi connectivity index (χ4n) is 13.2. The number of hydrogen-bond acceptors (Lipinski definition) is 2. The number of nitrogens with zero attached hydrogens (tertiary/aromatic N) is 2. The predicted molar refractivity (Wildman–Crippen MR) is 305 cm³/mol. The second-order valence-corrected chi connectivity index (χ2v) is 21.7. The van der Waals surface area contributed by atoms with Crippen LogP contribution >= 0.6 is 22.7 Å². The molecule has 0 fully saturated rings. The summed E-state index contributed by atoms with van der Waals surface area (Å²) in [4.78, 5) is 0. The van der Waals surface area contributed by atoms with E-state index in [1.165, 1.54) is 139 Å². The summed E-state index contributed by atoms with van der Waals surface area (Å²) in [6.45, 7) is 0. The summed E-state index contributed by atoms with van der Waals surface area (Å²) in [7, 11) is 0. The third-order valence-electron chi connectivity index (χ3n) is 16.1. The van der Waals surface area contributed by atoms with Crippen LogP contribution in [-0.2, 0) is 5.41 Å². The van der Waals surface area contributed by atoms with E-state index in [1.807, 2.05) is 22.7 Å². The van der Waals surface area contributed by atoms with Crippen LogP contribution in [0.2, 0.25) is 0 Å². The average molecular weight is 935 g/mol. The third kappa shape index (κ3) is 4.95. The van der Waals surface area contributed by atoms with E-state index in [1.54, 1.807) is 0 Å². The van der Waals surface area contributed by atoms with Crippen LogP contribution in [0.1, 0.15) is 33.4 Å². The minimum Gasteiger partial charge on any atom is -0.309 e. The van der Waals surface area contributed by atoms with Crippen molar-refractivity contribution in [2.45, 2.75) is 5.41 Å². The molecule has 4 heteroatoms. The molecule has 11 aromatic carbocycles. The highest BCUT2D eigenvalue weighted by atomic mass is 32.1. The Labute approximate surface area is 415 Å². The summed E-state index contributed by atoms with van der Waals surface area (Å²) in [5, 5.41) is 12.9. The monoisotopic (exact) mass is 934 g/mol. The third-order valence-corrected chi connectivity index (χ3v) is 18.4. The quantitative estimate of drug-likeness (QED) is 0.163. The average Bonchev–Trinajstić information content (AvgIpc) is 4.21. The Balaban J connectivity index is 0.987. The molecule has 0 amide bonds. The highest BCUT2D eigenvalue weighted by Crippen LogP contribution is 2.60. The van der Waals surface area contributed by atoms with Crippen molar-refractivity contribution in [3.63, 3.8) is 0 Å². The zero-order valence-electron chi connectivity index (χ0n) is 38.2. The fraction of sp³-hybridized carbons (Fsp3) is 0.0149. The normalized spacial score (nSPS) is 13.7. The maximum Gasteiger partial charge on any atom is 0.0726 e. The number of thiophene rings is 2. The molecule has 2 nitrogen and oxygen atoms in total. The van der Waals surface area contributed by atoms with Crippen molar-refractivity contribution < 1.29 is 0 Å². The molecule has 2 aliphatic carbocycles. The molecule has 4 heterocycles. The van der Waals surface area contributed by atoms with Crippen molar-refractivity contribution in [1.82, 2.24) is 9.13 Å². The van der Waals surface area contributed by atoms with E-state index in [2.05, 4.69) is 240 Å². The van der Waals surface area contributed by atoms with Crippen LogP contribution in [0.5, 0.6) is 0 Å². The Morgan fingerprint density at radius 1 is 0.296 bits per heavy atom. The molecule has 0 aliphatic heterocycles. The van der Waals surface area contributed by atoms with Gasteiger partial charge in [-0.2, -0.15) is 0 Å². The van der Waals surface area contributed by atoms with Crippen molar-refractivity contribution in [1.29, 1.82) is 0 Å². The Hall–Kier alpha value is -8.54. The van der Waals surface area contributed by atoms with Crippen molar-refractivity contribution >= 4 is 130 Å². The maximum absolute atomic E-state index is 2.54. The van der Waals surface area contributed by atoms with Gasteiger partial charge in [-0.1, -0.05) is 158 Å². The summed E-state index contributed by atoms with van der Waals surface area (Å²) in [5.74, 6) is 0. The number of para-hydroxylation sites is 2. The summed E-state index contributed by atoms with van der Waals surface area (Å²) in [6.07, 6.45) is 4.75. The van der Waals surface area contributed by atoms with Gasteiger partial charge in [-0.3, -0.25) is 0 Å². The minimum atomic E-state index is -0.675. The van der Waals surface area contributed by atoms with Gasteiger partial charge in [0.25, 0.3) is 0 Å². The first-order valence-corrected chi connectivity index (χ1v) is 26.1. The summed E-state index contributed by atoms with van der Waals surface area (Å²) in [5.41, 5.74) is 16.8. The highest BCUT2D eigenvalue weighted by molar-refractivity contribution is 7.26. The van der Waals surface area contributed by atoms with Gasteiger partial charge in [-0.15, -0.1) is 22.7 Å². The first-order valence-electron chi connectivity index (χ1n) is 24.5. The van der Waals surface area contributed by atoms with Crippen LogP contribution in [-0.4, -0.2) is 9.13 Å². The van der Waals surface area contributed by atoms with Gasteiger partial charge in [-0.05, 0) is 128 Å². The second kappa shape index (κ2) is 13.8. The molecule has 328 valence electrons. The van der Waals surface area contributed by atoms with Gasteiger partial charge >= 0.3 is 0 Å². The minimum absolute atomic E-state index is 0.675. The Morgan fingerprint density at radius 3 is 1.38 bits per heavy atom. The lowest BCUT2D eigenvalue weighted by Crippen LogP contribution is -2.30. The van der Waals surface area contributed by atoms with Crippen LogP contribution in [0.4, 0.5) is 0 Å². The van der Waals surface area contributed by atoms with E-state index in [0.29, 0.717) is 0 Å². The zero-order chi connectivity index (χ0) is 46.1. The van der Waals surface area contributed by atoms with E-state index < -0.39 is 5.41 Å². The maximum atomic E-state index is 2.54. The van der Waals surface area contributed by atoms with Crippen LogP contribution in [0.15, 0.2) is 218 Å². The van der Waals surface area contributed by atoms with E-state index in [0.717, 1.165) is 11.4 Å². The zero-order valence-corrected chi connectivity index (χ0v) is 39.8. The van der Waals surface area contributed by atoms with Gasteiger partial charge in [0.15, 0.2) is 0 Å². The van der Waals surface area contributed by atoms with Gasteiger partial charge in [0, 0.05) is 73.3 Å². The van der Waals surface area contributed by atoms with Gasteiger partial charge in [0.1, 0.15) is 0 Å². The molecule has 0 saturated heterocycles. The highest BCUT2D eigenvalue weighted by Gasteiger charge is 2.49. The molecule has 0 saturated carbocycles. The summed E-state index contributed by atoms with van der Waals surface area (Å²) < 4.78 is 10.3. The van der Waals surface area contributed by atoms with Crippen molar-refractivity contribution in [3.8, 4) is 22.5 Å². The van der Waals surface area contributed by atoms with Crippen molar-refractivity contribution in [2.75, 3.05) is 0 Å². The van der Waals surface area contributed by atoms with Crippen molar-refractivity contribution in [3.05, 3.63) is 252 Å². The predicted octanol–water partition coefficient (Wildman–Crippen LogP) is 18.6. The molecule has 71 heavy (non-hydrogen) atoms. The molecule has 0 N–H and O–H groups in total. The molecule has 4 aromatic heterocycles. The van der Waals surface area contributed by atoms with E-state index in [-0.39, 0.29) is 0 Å². The number of fused-ring (bicyclic) bond motifs is 23. The molecular formula is C67H38N2S2. The number of rotatable bonds is 2. The van der Waals surface area contributed by atoms with E-state index >= 15 is 0 Å². The fourth-order valence-corrected chi connectivity index (χ4v) is 15.4.